The van der Waals surface area contributed by atoms with Crippen LogP contribution in [0.15, 0.2) is 53.3 Å². The highest BCUT2D eigenvalue weighted by Crippen LogP contribution is 2.32. The van der Waals surface area contributed by atoms with Crippen LogP contribution in [0.1, 0.15) is 50.7 Å². The van der Waals surface area contributed by atoms with E-state index >= 15 is 0 Å². The Balaban J connectivity index is 2.31. The summed E-state index contributed by atoms with van der Waals surface area (Å²) in [6.07, 6.45) is -0.571. The van der Waals surface area contributed by atoms with Crippen LogP contribution in [0.4, 0.5) is 4.79 Å². The number of ether oxygens (including phenoxy) is 2. The molecule has 0 bridgehead atoms. The topological polar surface area (TPSA) is 86.6 Å². The van der Waals surface area contributed by atoms with Gasteiger partial charge in [0.1, 0.15) is 5.60 Å². The lowest BCUT2D eigenvalue weighted by molar-refractivity contribution is 0.0521. The molecule has 1 N–H and O–H groups in total. The molecule has 0 fully saturated rings. The molecule has 0 saturated heterocycles. The second-order valence-corrected chi connectivity index (χ2v) is 9.60. The number of nitrogens with zero attached hydrogens (tertiary/aromatic N) is 1. The largest absolute Gasteiger partial charge is 0.465 e. The van der Waals surface area contributed by atoms with E-state index in [0.717, 1.165) is 11.1 Å². The van der Waals surface area contributed by atoms with E-state index < -0.39 is 17.7 Å². The molecular weight excluding hydrogens is 432 g/mol. The molecule has 7 heteroatoms. The molecule has 0 saturated carbocycles. The Hall–Kier alpha value is -3.61. The van der Waals surface area contributed by atoms with Gasteiger partial charge in [-0.25, -0.2) is 9.59 Å². The van der Waals surface area contributed by atoms with E-state index in [2.05, 4.69) is 5.32 Å². The molecule has 1 aromatic heterocycles. The Morgan fingerprint density at radius 2 is 1.71 bits per heavy atom. The number of esters is 1. The number of benzene rings is 2. The van der Waals surface area contributed by atoms with Crippen LogP contribution in [0, 0.1) is 5.92 Å². The lowest BCUT2D eigenvalue weighted by Gasteiger charge is -2.23. The number of hydrogen-bond acceptors (Lipinski definition) is 5. The van der Waals surface area contributed by atoms with Crippen LogP contribution in [0.5, 0.6) is 0 Å². The lowest BCUT2D eigenvalue weighted by atomic mass is 9.95. The summed E-state index contributed by atoms with van der Waals surface area (Å²) >= 11 is 0. The van der Waals surface area contributed by atoms with Gasteiger partial charge in [-0.05, 0) is 55.8 Å². The highest BCUT2D eigenvalue weighted by Gasteiger charge is 2.22. The molecular formula is C27H32N2O5. The van der Waals surface area contributed by atoms with Crippen molar-refractivity contribution in [2.45, 2.75) is 53.3 Å². The van der Waals surface area contributed by atoms with Crippen molar-refractivity contribution in [3.8, 4) is 11.1 Å². The van der Waals surface area contributed by atoms with Crippen molar-refractivity contribution in [1.82, 2.24) is 9.88 Å². The summed E-state index contributed by atoms with van der Waals surface area (Å²) in [7, 11) is 1.32. The third-order valence-electron chi connectivity index (χ3n) is 5.21. The number of rotatable bonds is 6. The van der Waals surface area contributed by atoms with Crippen molar-refractivity contribution in [2.75, 3.05) is 7.11 Å². The molecule has 0 spiro atoms. The van der Waals surface area contributed by atoms with E-state index in [1.807, 2.05) is 44.2 Å². The summed E-state index contributed by atoms with van der Waals surface area (Å²) in [4.78, 5) is 38.3. The van der Waals surface area contributed by atoms with Gasteiger partial charge in [0.25, 0.3) is 5.56 Å². The summed E-state index contributed by atoms with van der Waals surface area (Å²) in [5, 5.41) is 3.93. The predicted octanol–water partition coefficient (Wildman–Crippen LogP) is 5.14. The van der Waals surface area contributed by atoms with Gasteiger partial charge >= 0.3 is 12.1 Å². The van der Waals surface area contributed by atoms with Gasteiger partial charge in [0.2, 0.25) is 0 Å². The molecule has 0 aliphatic heterocycles. The molecule has 34 heavy (non-hydrogen) atoms. The van der Waals surface area contributed by atoms with Gasteiger partial charge in [-0.2, -0.15) is 0 Å². The summed E-state index contributed by atoms with van der Waals surface area (Å²) in [6, 6.07) is 14.6. The molecule has 180 valence electrons. The van der Waals surface area contributed by atoms with Crippen LogP contribution in [-0.4, -0.2) is 29.3 Å². The maximum atomic E-state index is 13.6. The Kier molecular flexibility index (Phi) is 7.44. The number of fused-ring (bicyclic) bond motifs is 1. The normalized spacial score (nSPS) is 11.5. The van der Waals surface area contributed by atoms with Crippen molar-refractivity contribution >= 4 is 22.8 Å². The molecule has 0 aliphatic rings. The van der Waals surface area contributed by atoms with Crippen molar-refractivity contribution in [2.24, 2.45) is 5.92 Å². The molecule has 3 rings (SSSR count). The van der Waals surface area contributed by atoms with E-state index in [9.17, 15) is 14.4 Å². The molecule has 0 radical (unpaired) electrons. The fourth-order valence-electron chi connectivity index (χ4n) is 3.88. The smallest absolute Gasteiger partial charge is 0.407 e. The van der Waals surface area contributed by atoms with Crippen molar-refractivity contribution in [1.29, 1.82) is 0 Å². The fourth-order valence-corrected chi connectivity index (χ4v) is 3.88. The third kappa shape index (κ3) is 5.65. The SMILES string of the molecule is COC(=O)c1ccc2c(=O)n(CC(C)C)c(CNC(=O)OC(C)(C)C)c(-c3ccccc3)c2c1. The van der Waals surface area contributed by atoms with E-state index in [1.165, 1.54) is 7.11 Å². The highest BCUT2D eigenvalue weighted by molar-refractivity contribution is 6.02. The summed E-state index contributed by atoms with van der Waals surface area (Å²) in [5.74, 6) is -0.297. The maximum absolute atomic E-state index is 13.6. The summed E-state index contributed by atoms with van der Waals surface area (Å²) < 4.78 is 12.0. The Morgan fingerprint density at radius 1 is 1.03 bits per heavy atom. The standard InChI is InChI=1S/C27H32N2O5/c1-17(2)16-29-22(15-28-26(32)34-27(3,4)5)23(18-10-8-7-9-11-18)21-14-19(25(31)33-6)12-13-20(21)24(29)30/h7-14,17H,15-16H2,1-6H3,(H,28,32). The van der Waals surface area contributed by atoms with Crippen molar-refractivity contribution < 1.29 is 19.1 Å². The first-order chi connectivity index (χ1) is 16.0. The van der Waals surface area contributed by atoms with Gasteiger partial charge in [-0.1, -0.05) is 44.2 Å². The Morgan fingerprint density at radius 3 is 2.29 bits per heavy atom. The van der Waals surface area contributed by atoms with Crippen LogP contribution < -0.4 is 10.9 Å². The first-order valence-corrected chi connectivity index (χ1v) is 11.3. The fraction of sp³-hybridized carbons (Fsp3) is 0.370. The zero-order chi connectivity index (χ0) is 25.0. The average molecular weight is 465 g/mol. The van der Waals surface area contributed by atoms with Crippen LogP contribution in [0.3, 0.4) is 0 Å². The first-order valence-electron chi connectivity index (χ1n) is 11.3. The number of hydrogen-bond donors (Lipinski definition) is 1. The number of amides is 1. The molecule has 3 aromatic rings. The molecule has 2 aromatic carbocycles. The average Bonchev–Trinajstić information content (AvgIpc) is 2.78. The van der Waals surface area contributed by atoms with E-state index in [0.29, 0.717) is 28.6 Å². The molecule has 0 aliphatic carbocycles. The number of methoxy groups -OCH3 is 1. The third-order valence-corrected chi connectivity index (χ3v) is 5.21. The van der Waals surface area contributed by atoms with Gasteiger partial charge in [0, 0.05) is 23.2 Å². The monoisotopic (exact) mass is 464 g/mol. The Bertz CT molecular complexity index is 1250. The number of carbonyl (C=O) groups is 2. The van der Waals surface area contributed by atoms with Gasteiger partial charge in [0.15, 0.2) is 0 Å². The van der Waals surface area contributed by atoms with Crippen LogP contribution in [-0.2, 0) is 22.6 Å². The number of carbonyl (C=O) groups excluding carboxylic acids is 2. The molecule has 0 unspecified atom stereocenters. The molecule has 0 atom stereocenters. The zero-order valence-corrected chi connectivity index (χ0v) is 20.6. The number of alkyl carbamates (subject to hydrolysis) is 1. The summed E-state index contributed by atoms with van der Waals surface area (Å²) in [6.45, 7) is 10.00. The van der Waals surface area contributed by atoms with Crippen LogP contribution >= 0.6 is 0 Å². The number of nitrogens with one attached hydrogen (secondary N) is 1. The van der Waals surface area contributed by atoms with E-state index in [-0.39, 0.29) is 18.0 Å². The van der Waals surface area contributed by atoms with Gasteiger partial charge in [-0.3, -0.25) is 4.79 Å². The number of pyridine rings is 1. The minimum Gasteiger partial charge on any atom is -0.465 e. The maximum Gasteiger partial charge on any atom is 0.407 e. The van der Waals surface area contributed by atoms with E-state index in [4.69, 9.17) is 9.47 Å². The van der Waals surface area contributed by atoms with Crippen LogP contribution in [0.2, 0.25) is 0 Å². The lowest BCUT2D eigenvalue weighted by Crippen LogP contribution is -2.35. The summed E-state index contributed by atoms with van der Waals surface area (Å²) in [5.41, 5.74) is 1.80. The minimum atomic E-state index is -0.650. The predicted molar refractivity (Wildman–Crippen MR) is 133 cm³/mol. The molecule has 1 heterocycles. The minimum absolute atomic E-state index is 0.0828. The zero-order valence-electron chi connectivity index (χ0n) is 20.6. The van der Waals surface area contributed by atoms with E-state index in [1.54, 1.807) is 43.5 Å². The molecule has 1 amide bonds. The quantitative estimate of drug-likeness (QED) is 0.511. The second-order valence-electron chi connectivity index (χ2n) is 9.60. The number of aromatic nitrogens is 1. The highest BCUT2D eigenvalue weighted by atomic mass is 16.6. The van der Waals surface area contributed by atoms with Gasteiger partial charge in [0.05, 0.1) is 19.2 Å². The molecule has 7 nitrogen and oxygen atoms in total. The first kappa shape index (κ1) is 25.0. The van der Waals surface area contributed by atoms with Gasteiger partial charge < -0.3 is 19.4 Å². The van der Waals surface area contributed by atoms with Crippen molar-refractivity contribution in [3.05, 3.63) is 70.1 Å². The van der Waals surface area contributed by atoms with Gasteiger partial charge in [-0.15, -0.1) is 0 Å². The van der Waals surface area contributed by atoms with Crippen LogP contribution in [0.25, 0.3) is 21.9 Å². The second kappa shape index (κ2) is 10.1. The van der Waals surface area contributed by atoms with Crippen molar-refractivity contribution in [3.63, 3.8) is 0 Å². The Labute approximate surface area is 199 Å².